The van der Waals surface area contributed by atoms with Gasteiger partial charge < -0.3 is 4.74 Å². The predicted octanol–water partition coefficient (Wildman–Crippen LogP) is 4.30. The fraction of sp³-hybridized carbons (Fsp3) is 0.562. The standard InChI is InChI=1S/C16H24O2/c1-3-9-14(15-10-6-5-7-11-15)12-8-13-16(17)18-4-2/h5-7,10-11,14H,3-4,8-9,12-13H2,1-2H3/t14-/m1/s1. The lowest BCUT2D eigenvalue weighted by Gasteiger charge is -2.16. The van der Waals surface area contributed by atoms with Crippen molar-refractivity contribution < 1.29 is 9.53 Å². The van der Waals surface area contributed by atoms with Crippen LogP contribution >= 0.6 is 0 Å². The van der Waals surface area contributed by atoms with Gasteiger partial charge in [-0.05, 0) is 37.7 Å². The first-order valence-corrected chi connectivity index (χ1v) is 6.98. The molecule has 1 rings (SSSR count). The van der Waals surface area contributed by atoms with Crippen molar-refractivity contribution in [1.29, 1.82) is 0 Å². The Morgan fingerprint density at radius 1 is 1.17 bits per heavy atom. The zero-order chi connectivity index (χ0) is 13.2. The fourth-order valence-corrected chi connectivity index (χ4v) is 2.28. The molecule has 0 N–H and O–H groups in total. The highest BCUT2D eigenvalue weighted by atomic mass is 16.5. The maximum absolute atomic E-state index is 11.3. The van der Waals surface area contributed by atoms with Crippen molar-refractivity contribution >= 4 is 5.97 Å². The van der Waals surface area contributed by atoms with Gasteiger partial charge in [-0.2, -0.15) is 0 Å². The normalized spacial score (nSPS) is 12.1. The average molecular weight is 248 g/mol. The molecule has 0 aliphatic carbocycles. The summed E-state index contributed by atoms with van der Waals surface area (Å²) in [6.07, 6.45) is 4.89. The Morgan fingerprint density at radius 2 is 1.89 bits per heavy atom. The van der Waals surface area contributed by atoms with E-state index < -0.39 is 0 Å². The molecule has 100 valence electrons. The molecule has 0 spiro atoms. The van der Waals surface area contributed by atoms with E-state index in [-0.39, 0.29) is 5.97 Å². The van der Waals surface area contributed by atoms with Gasteiger partial charge in [-0.3, -0.25) is 4.79 Å². The van der Waals surface area contributed by atoms with Gasteiger partial charge in [0.25, 0.3) is 0 Å². The van der Waals surface area contributed by atoms with Crippen LogP contribution in [-0.2, 0) is 9.53 Å². The number of hydrogen-bond acceptors (Lipinski definition) is 2. The van der Waals surface area contributed by atoms with E-state index in [0.717, 1.165) is 12.8 Å². The van der Waals surface area contributed by atoms with E-state index in [1.54, 1.807) is 0 Å². The van der Waals surface area contributed by atoms with Gasteiger partial charge in [-0.15, -0.1) is 0 Å². The van der Waals surface area contributed by atoms with Crippen molar-refractivity contribution in [2.45, 2.75) is 51.9 Å². The second-order valence-electron chi connectivity index (χ2n) is 4.59. The van der Waals surface area contributed by atoms with Crippen LogP contribution < -0.4 is 0 Å². The number of hydrogen-bond donors (Lipinski definition) is 0. The highest BCUT2D eigenvalue weighted by Crippen LogP contribution is 2.26. The second kappa shape index (κ2) is 8.73. The summed E-state index contributed by atoms with van der Waals surface area (Å²) in [6, 6.07) is 10.6. The van der Waals surface area contributed by atoms with Crippen LogP contribution in [0.2, 0.25) is 0 Å². The summed E-state index contributed by atoms with van der Waals surface area (Å²) in [5.74, 6) is 0.506. The highest BCUT2D eigenvalue weighted by Gasteiger charge is 2.11. The number of carbonyl (C=O) groups excluding carboxylic acids is 1. The quantitative estimate of drug-likeness (QED) is 0.641. The SMILES string of the molecule is CCC[C@H](CCCC(=O)OCC)c1ccccc1. The van der Waals surface area contributed by atoms with E-state index in [2.05, 4.69) is 31.2 Å². The number of benzene rings is 1. The van der Waals surface area contributed by atoms with Crippen LogP contribution in [0.25, 0.3) is 0 Å². The van der Waals surface area contributed by atoms with E-state index in [1.807, 2.05) is 13.0 Å². The third-order valence-electron chi connectivity index (χ3n) is 3.15. The molecule has 1 atom stereocenters. The van der Waals surface area contributed by atoms with E-state index in [0.29, 0.717) is 18.9 Å². The Labute approximate surface area is 110 Å². The molecular weight excluding hydrogens is 224 g/mol. The summed E-state index contributed by atoms with van der Waals surface area (Å²) in [7, 11) is 0. The summed E-state index contributed by atoms with van der Waals surface area (Å²) in [5.41, 5.74) is 1.39. The summed E-state index contributed by atoms with van der Waals surface area (Å²) in [6.45, 7) is 4.54. The summed E-state index contributed by atoms with van der Waals surface area (Å²) in [5, 5.41) is 0. The molecule has 0 saturated heterocycles. The van der Waals surface area contributed by atoms with Gasteiger partial charge in [0.2, 0.25) is 0 Å². The Morgan fingerprint density at radius 3 is 2.50 bits per heavy atom. The predicted molar refractivity (Wildman–Crippen MR) is 74.6 cm³/mol. The maximum atomic E-state index is 11.3. The summed E-state index contributed by atoms with van der Waals surface area (Å²) < 4.78 is 4.95. The third kappa shape index (κ3) is 5.35. The third-order valence-corrected chi connectivity index (χ3v) is 3.15. The molecule has 0 aliphatic rings. The smallest absolute Gasteiger partial charge is 0.305 e. The first-order valence-electron chi connectivity index (χ1n) is 6.98. The van der Waals surface area contributed by atoms with Crippen molar-refractivity contribution in [1.82, 2.24) is 0 Å². The molecule has 2 heteroatoms. The molecule has 0 radical (unpaired) electrons. The lowest BCUT2D eigenvalue weighted by molar-refractivity contribution is -0.143. The number of rotatable bonds is 8. The summed E-state index contributed by atoms with van der Waals surface area (Å²) in [4.78, 5) is 11.3. The molecule has 0 fully saturated rings. The Balaban J connectivity index is 2.42. The minimum atomic E-state index is -0.0687. The van der Waals surface area contributed by atoms with Gasteiger partial charge in [0.1, 0.15) is 0 Å². The zero-order valence-corrected chi connectivity index (χ0v) is 11.5. The molecule has 2 nitrogen and oxygen atoms in total. The molecule has 18 heavy (non-hydrogen) atoms. The van der Waals surface area contributed by atoms with E-state index in [1.165, 1.54) is 18.4 Å². The molecular formula is C16H24O2. The molecule has 1 aromatic carbocycles. The van der Waals surface area contributed by atoms with Gasteiger partial charge in [0, 0.05) is 6.42 Å². The van der Waals surface area contributed by atoms with E-state index >= 15 is 0 Å². The van der Waals surface area contributed by atoms with Gasteiger partial charge in [-0.1, -0.05) is 43.7 Å². The largest absolute Gasteiger partial charge is 0.466 e. The van der Waals surface area contributed by atoms with Gasteiger partial charge in [-0.25, -0.2) is 0 Å². The van der Waals surface area contributed by atoms with E-state index in [9.17, 15) is 4.79 Å². The zero-order valence-electron chi connectivity index (χ0n) is 11.5. The first kappa shape index (κ1) is 14.7. The topological polar surface area (TPSA) is 26.3 Å². The highest BCUT2D eigenvalue weighted by molar-refractivity contribution is 5.69. The molecule has 0 saturated carbocycles. The lowest BCUT2D eigenvalue weighted by Crippen LogP contribution is -2.05. The fourth-order valence-electron chi connectivity index (χ4n) is 2.28. The Kier molecular flexibility index (Phi) is 7.16. The van der Waals surface area contributed by atoms with Crippen molar-refractivity contribution in [3.63, 3.8) is 0 Å². The number of carbonyl (C=O) groups is 1. The molecule has 1 aromatic rings. The number of esters is 1. The Hall–Kier alpha value is -1.31. The van der Waals surface area contributed by atoms with Crippen LogP contribution in [0.15, 0.2) is 30.3 Å². The molecule has 0 heterocycles. The van der Waals surface area contributed by atoms with Crippen LogP contribution in [-0.4, -0.2) is 12.6 Å². The summed E-state index contributed by atoms with van der Waals surface area (Å²) >= 11 is 0. The molecule has 0 unspecified atom stereocenters. The lowest BCUT2D eigenvalue weighted by atomic mass is 9.90. The van der Waals surface area contributed by atoms with Crippen LogP contribution in [0.5, 0.6) is 0 Å². The van der Waals surface area contributed by atoms with Gasteiger partial charge >= 0.3 is 5.97 Å². The molecule has 0 aliphatic heterocycles. The maximum Gasteiger partial charge on any atom is 0.305 e. The first-order chi connectivity index (χ1) is 8.77. The van der Waals surface area contributed by atoms with Crippen molar-refractivity contribution in [2.24, 2.45) is 0 Å². The van der Waals surface area contributed by atoms with Crippen molar-refractivity contribution in [2.75, 3.05) is 6.61 Å². The average Bonchev–Trinajstić information content (AvgIpc) is 2.39. The van der Waals surface area contributed by atoms with Gasteiger partial charge in [0.05, 0.1) is 6.61 Å². The van der Waals surface area contributed by atoms with Crippen LogP contribution in [0.4, 0.5) is 0 Å². The van der Waals surface area contributed by atoms with Crippen LogP contribution in [0.3, 0.4) is 0 Å². The van der Waals surface area contributed by atoms with Crippen LogP contribution in [0, 0.1) is 0 Å². The molecule has 0 bridgehead atoms. The number of ether oxygens (including phenoxy) is 1. The molecule has 0 aromatic heterocycles. The van der Waals surface area contributed by atoms with Crippen LogP contribution in [0.1, 0.15) is 57.4 Å². The minimum absolute atomic E-state index is 0.0687. The van der Waals surface area contributed by atoms with Crippen molar-refractivity contribution in [3.8, 4) is 0 Å². The molecule has 0 amide bonds. The van der Waals surface area contributed by atoms with Gasteiger partial charge in [0.15, 0.2) is 0 Å². The van der Waals surface area contributed by atoms with Crippen molar-refractivity contribution in [3.05, 3.63) is 35.9 Å². The Bertz CT molecular complexity index is 332. The monoisotopic (exact) mass is 248 g/mol. The van der Waals surface area contributed by atoms with E-state index in [4.69, 9.17) is 4.74 Å². The second-order valence-corrected chi connectivity index (χ2v) is 4.59. The minimum Gasteiger partial charge on any atom is -0.466 e.